The van der Waals surface area contributed by atoms with E-state index < -0.39 is 41.1 Å². The third-order valence-corrected chi connectivity index (χ3v) is 5.92. The number of imidazole rings is 1. The summed E-state index contributed by atoms with van der Waals surface area (Å²) in [6, 6.07) is 12.7. The summed E-state index contributed by atoms with van der Waals surface area (Å²) in [6.45, 7) is -0.0981. The molecule has 0 amide bonds. The minimum atomic E-state index is -3.97. The highest BCUT2D eigenvalue weighted by molar-refractivity contribution is 7.89. The number of nitrogens with one attached hydrogen (secondary N) is 1. The Bertz CT molecular complexity index is 1130. The molecule has 0 aliphatic rings. The monoisotopic (exact) mass is 437 g/mol. The first-order chi connectivity index (χ1) is 14.2. The number of hydrogen-bond acceptors (Lipinski definition) is 5. The predicted octanol–water partition coefficient (Wildman–Crippen LogP) is 3.48. The van der Waals surface area contributed by atoms with E-state index in [2.05, 4.69) is 9.71 Å². The minimum Gasteiger partial charge on any atom is -0.456 e. The van der Waals surface area contributed by atoms with Crippen LogP contribution in [0.3, 0.4) is 0 Å². The lowest BCUT2D eigenvalue weighted by Gasteiger charge is -2.21. The van der Waals surface area contributed by atoms with Gasteiger partial charge in [0.05, 0.1) is 15.9 Å². The molecule has 0 bridgehead atoms. The Labute approximate surface area is 172 Å². The number of carbonyl (C=O) groups excluding carboxylic acids is 1. The molecular weight excluding hydrogens is 416 g/mol. The zero-order chi connectivity index (χ0) is 21.9. The van der Waals surface area contributed by atoms with Crippen molar-refractivity contribution >= 4 is 27.0 Å². The number of sulfonamides is 1. The number of aromatic nitrogens is 2. The predicted molar refractivity (Wildman–Crippen MR) is 106 cm³/mol. The van der Waals surface area contributed by atoms with Gasteiger partial charge in [0.1, 0.15) is 12.6 Å². The van der Waals surface area contributed by atoms with Crippen molar-refractivity contribution in [1.82, 2.24) is 14.3 Å². The summed E-state index contributed by atoms with van der Waals surface area (Å²) in [6.07, 6.45) is 0. The van der Waals surface area contributed by atoms with E-state index in [-0.39, 0.29) is 16.2 Å². The second-order valence-electron chi connectivity index (χ2n) is 6.93. The molecule has 0 aliphatic heterocycles. The van der Waals surface area contributed by atoms with Gasteiger partial charge >= 0.3 is 12.5 Å². The van der Waals surface area contributed by atoms with Crippen molar-refractivity contribution in [2.75, 3.05) is 0 Å². The maximum atomic E-state index is 13.5. The van der Waals surface area contributed by atoms with E-state index in [9.17, 15) is 22.0 Å². The number of halogens is 2. The van der Waals surface area contributed by atoms with E-state index in [0.29, 0.717) is 10.1 Å². The Morgan fingerprint density at radius 2 is 1.73 bits per heavy atom. The maximum absolute atomic E-state index is 13.5. The lowest BCUT2D eigenvalue weighted by molar-refractivity contribution is -0.148. The van der Waals surface area contributed by atoms with E-state index in [0.717, 1.165) is 0 Å². The van der Waals surface area contributed by atoms with Gasteiger partial charge in [0.25, 0.3) is 0 Å². The molecule has 0 saturated carbocycles. The van der Waals surface area contributed by atoms with E-state index >= 15 is 0 Å². The largest absolute Gasteiger partial charge is 0.456 e. The van der Waals surface area contributed by atoms with Crippen LogP contribution >= 0.6 is 0 Å². The van der Waals surface area contributed by atoms with Crippen LogP contribution in [-0.4, -0.2) is 30.0 Å². The quantitative estimate of drug-likeness (QED) is 0.545. The van der Waals surface area contributed by atoms with Crippen molar-refractivity contribution in [2.24, 2.45) is 5.92 Å². The first kappa shape index (κ1) is 21.8. The molecule has 0 saturated heterocycles. The number of benzene rings is 2. The SMILES string of the molecule is CC(C)[C@H](NS(=O)(=O)c1ccccc1)C(=O)OCc1nc2ccccc2n1C(F)F. The molecule has 3 aromatic rings. The molecule has 1 N–H and O–H groups in total. The average molecular weight is 437 g/mol. The van der Waals surface area contributed by atoms with Gasteiger partial charge < -0.3 is 4.74 Å². The highest BCUT2D eigenvalue weighted by Crippen LogP contribution is 2.23. The molecule has 10 heteroatoms. The summed E-state index contributed by atoms with van der Waals surface area (Å²) in [4.78, 5) is 16.7. The number of fused-ring (bicyclic) bond motifs is 1. The molecule has 1 aromatic heterocycles. The third kappa shape index (κ3) is 4.65. The van der Waals surface area contributed by atoms with Gasteiger partial charge in [-0.2, -0.15) is 13.5 Å². The van der Waals surface area contributed by atoms with Crippen molar-refractivity contribution in [1.29, 1.82) is 0 Å². The standard InChI is InChI=1S/C20H21F2N3O4S/c1-13(2)18(24-30(27,28)14-8-4-3-5-9-14)19(26)29-12-17-23-15-10-6-7-11-16(15)25(17)20(21)22/h3-11,13,18,20,24H,12H2,1-2H3/t18-/m0/s1. The van der Waals surface area contributed by atoms with Gasteiger partial charge in [-0.15, -0.1) is 0 Å². The lowest BCUT2D eigenvalue weighted by atomic mass is 10.1. The van der Waals surface area contributed by atoms with Crippen molar-refractivity contribution in [3.8, 4) is 0 Å². The zero-order valence-corrected chi connectivity index (χ0v) is 17.1. The molecule has 1 atom stereocenters. The number of esters is 1. The molecule has 0 aliphatic carbocycles. The van der Waals surface area contributed by atoms with E-state index in [4.69, 9.17) is 4.74 Å². The maximum Gasteiger partial charge on any atom is 0.324 e. The second kappa shape index (κ2) is 8.88. The van der Waals surface area contributed by atoms with Crippen LogP contribution in [0.1, 0.15) is 26.2 Å². The van der Waals surface area contributed by atoms with Crippen LogP contribution in [0.15, 0.2) is 59.5 Å². The Hall–Kier alpha value is -2.85. The molecule has 7 nitrogen and oxygen atoms in total. The number of ether oxygens (including phenoxy) is 1. The highest BCUT2D eigenvalue weighted by atomic mass is 32.2. The molecule has 1 heterocycles. The fourth-order valence-corrected chi connectivity index (χ4v) is 4.28. The third-order valence-electron chi connectivity index (χ3n) is 4.46. The van der Waals surface area contributed by atoms with Gasteiger partial charge in [-0.05, 0) is 30.2 Å². The van der Waals surface area contributed by atoms with Gasteiger partial charge in [-0.3, -0.25) is 9.36 Å². The Morgan fingerprint density at radius 1 is 1.10 bits per heavy atom. The lowest BCUT2D eigenvalue weighted by Crippen LogP contribution is -2.45. The molecular formula is C20H21F2N3O4S. The summed E-state index contributed by atoms with van der Waals surface area (Å²) >= 11 is 0. The Balaban J connectivity index is 1.78. The molecule has 0 fully saturated rings. The van der Waals surface area contributed by atoms with Gasteiger partial charge in [0.2, 0.25) is 10.0 Å². The van der Waals surface area contributed by atoms with Crippen molar-refractivity contribution in [3.05, 3.63) is 60.4 Å². The topological polar surface area (TPSA) is 90.3 Å². The van der Waals surface area contributed by atoms with Crippen LogP contribution in [0.4, 0.5) is 8.78 Å². The summed E-state index contributed by atoms with van der Waals surface area (Å²) in [5.41, 5.74) is 0.553. The number of carbonyl (C=O) groups is 1. The summed E-state index contributed by atoms with van der Waals surface area (Å²) in [5.74, 6) is -1.45. The normalized spacial score (nSPS) is 13.1. The summed E-state index contributed by atoms with van der Waals surface area (Å²) < 4.78 is 60.3. The van der Waals surface area contributed by atoms with Gasteiger partial charge in [-0.1, -0.05) is 44.2 Å². The van der Waals surface area contributed by atoms with Crippen molar-refractivity contribution in [2.45, 2.75) is 37.9 Å². The molecule has 0 spiro atoms. The fourth-order valence-electron chi connectivity index (χ4n) is 2.93. The first-order valence-electron chi connectivity index (χ1n) is 9.18. The van der Waals surface area contributed by atoms with Crippen molar-refractivity contribution in [3.63, 3.8) is 0 Å². The number of nitrogens with zero attached hydrogens (tertiary/aromatic N) is 2. The summed E-state index contributed by atoms with van der Waals surface area (Å²) in [5, 5.41) is 0. The van der Waals surface area contributed by atoms with Crippen LogP contribution in [0.25, 0.3) is 11.0 Å². The molecule has 160 valence electrons. The van der Waals surface area contributed by atoms with Gasteiger partial charge in [0.15, 0.2) is 5.82 Å². The van der Waals surface area contributed by atoms with Crippen molar-refractivity contribution < 1.29 is 26.7 Å². The Morgan fingerprint density at radius 3 is 2.37 bits per heavy atom. The van der Waals surface area contributed by atoms with Gasteiger partial charge in [-0.25, -0.2) is 13.4 Å². The fraction of sp³-hybridized carbons (Fsp3) is 0.300. The number of alkyl halides is 2. The molecule has 30 heavy (non-hydrogen) atoms. The minimum absolute atomic E-state index is 0.00272. The molecule has 0 unspecified atom stereocenters. The van der Waals surface area contributed by atoms with E-state index in [1.54, 1.807) is 50.2 Å². The van der Waals surface area contributed by atoms with E-state index in [1.807, 2.05) is 0 Å². The highest BCUT2D eigenvalue weighted by Gasteiger charge is 2.30. The van der Waals surface area contributed by atoms with Gasteiger partial charge in [0, 0.05) is 0 Å². The zero-order valence-electron chi connectivity index (χ0n) is 16.3. The average Bonchev–Trinajstić information content (AvgIpc) is 3.09. The first-order valence-corrected chi connectivity index (χ1v) is 10.7. The molecule has 0 radical (unpaired) electrons. The van der Waals surface area contributed by atoms with Crippen LogP contribution in [0, 0.1) is 5.92 Å². The van der Waals surface area contributed by atoms with E-state index in [1.165, 1.54) is 18.2 Å². The molecule has 2 aromatic carbocycles. The number of para-hydroxylation sites is 2. The second-order valence-corrected chi connectivity index (χ2v) is 8.64. The van der Waals surface area contributed by atoms with Crippen LogP contribution in [0.2, 0.25) is 0 Å². The number of rotatable bonds is 8. The number of hydrogen-bond donors (Lipinski definition) is 1. The van der Waals surface area contributed by atoms with Crippen LogP contribution < -0.4 is 4.72 Å². The van der Waals surface area contributed by atoms with Crippen LogP contribution in [-0.2, 0) is 26.2 Å². The summed E-state index contributed by atoms with van der Waals surface area (Å²) in [7, 11) is -3.97. The molecule has 3 rings (SSSR count). The Kier molecular flexibility index (Phi) is 6.47. The smallest absolute Gasteiger partial charge is 0.324 e. The van der Waals surface area contributed by atoms with Crippen LogP contribution in [0.5, 0.6) is 0 Å².